The van der Waals surface area contributed by atoms with Gasteiger partial charge in [-0.05, 0) is 36.4 Å². The lowest BCUT2D eigenvalue weighted by molar-refractivity contribution is -0.128. The molecule has 0 saturated carbocycles. The maximum absolute atomic E-state index is 13.6. The van der Waals surface area contributed by atoms with Crippen molar-refractivity contribution in [2.24, 2.45) is 0 Å². The molecule has 14 heteroatoms. The number of aromatic amines is 1. The van der Waals surface area contributed by atoms with Crippen molar-refractivity contribution in [3.05, 3.63) is 60.4 Å². The Labute approximate surface area is 222 Å². The summed E-state index contributed by atoms with van der Waals surface area (Å²) in [7, 11) is 1.49. The van der Waals surface area contributed by atoms with E-state index in [0.29, 0.717) is 53.9 Å². The standard InChI is InChI=1S/C25H25N11O3/c1-15-13-33(25-29-31-32-36(25)17-7-5-4-6-8-17)9-10-34(15)24(38)22(37)18-11-26-21-20(18)19(39-3)12-27-23(21)35-14-28-16(2)30-35/h4-8,11-12,14-15,26H,9-10,13H2,1-3H3/t15-/m0/s1. The summed E-state index contributed by atoms with van der Waals surface area (Å²) in [5.41, 5.74) is 1.55. The minimum Gasteiger partial charge on any atom is -0.494 e. The maximum atomic E-state index is 13.6. The molecule has 14 nitrogen and oxygen atoms in total. The molecule has 1 saturated heterocycles. The number of rotatable bonds is 6. The number of carbonyl (C=O) groups excluding carboxylic acids is 2. The second-order valence-corrected chi connectivity index (χ2v) is 9.19. The first-order chi connectivity index (χ1) is 19.0. The van der Waals surface area contributed by atoms with Gasteiger partial charge in [-0.1, -0.05) is 23.3 Å². The molecule has 4 aromatic heterocycles. The number of pyridine rings is 1. The van der Waals surface area contributed by atoms with Crippen LogP contribution in [0.25, 0.3) is 22.4 Å². The molecule has 1 N–H and O–H groups in total. The highest BCUT2D eigenvalue weighted by Gasteiger charge is 2.35. The lowest BCUT2D eigenvalue weighted by Gasteiger charge is -2.39. The number of anilines is 1. The highest BCUT2D eigenvalue weighted by atomic mass is 16.5. The number of aromatic nitrogens is 9. The molecule has 0 radical (unpaired) electrons. The normalized spacial score (nSPS) is 15.6. The second kappa shape index (κ2) is 9.63. The van der Waals surface area contributed by atoms with E-state index in [1.165, 1.54) is 30.5 Å². The van der Waals surface area contributed by atoms with Crippen LogP contribution < -0.4 is 9.64 Å². The van der Waals surface area contributed by atoms with Gasteiger partial charge in [-0.25, -0.2) is 14.6 Å². The van der Waals surface area contributed by atoms with Gasteiger partial charge in [0.1, 0.15) is 17.9 Å². The number of amides is 1. The summed E-state index contributed by atoms with van der Waals surface area (Å²) in [6.45, 7) is 4.93. The van der Waals surface area contributed by atoms with Crippen LogP contribution in [0.2, 0.25) is 0 Å². The number of nitrogens with one attached hydrogen (secondary N) is 1. The van der Waals surface area contributed by atoms with Gasteiger partial charge in [-0.3, -0.25) is 9.59 Å². The van der Waals surface area contributed by atoms with Gasteiger partial charge >= 0.3 is 0 Å². The molecular formula is C25H25N11O3. The van der Waals surface area contributed by atoms with Gasteiger partial charge in [-0.2, -0.15) is 9.78 Å². The van der Waals surface area contributed by atoms with Crippen LogP contribution in [0.1, 0.15) is 23.1 Å². The Morgan fingerprint density at radius 3 is 2.67 bits per heavy atom. The van der Waals surface area contributed by atoms with Gasteiger partial charge in [0.15, 0.2) is 5.82 Å². The Morgan fingerprint density at radius 1 is 1.13 bits per heavy atom. The van der Waals surface area contributed by atoms with Gasteiger partial charge in [0.2, 0.25) is 0 Å². The summed E-state index contributed by atoms with van der Waals surface area (Å²) in [6, 6.07) is 9.32. The van der Waals surface area contributed by atoms with Crippen LogP contribution in [0, 0.1) is 6.92 Å². The molecule has 5 aromatic rings. The fraction of sp³-hybridized carbons (Fsp3) is 0.280. The molecule has 1 fully saturated rings. The lowest BCUT2D eigenvalue weighted by atomic mass is 10.1. The van der Waals surface area contributed by atoms with Crippen molar-refractivity contribution in [3.8, 4) is 17.3 Å². The zero-order valence-electron chi connectivity index (χ0n) is 21.5. The molecule has 1 aliphatic heterocycles. The van der Waals surface area contributed by atoms with E-state index in [4.69, 9.17) is 4.74 Å². The number of nitrogens with zero attached hydrogens (tertiary/aromatic N) is 10. The number of tetrazole rings is 1. The number of para-hydroxylation sites is 1. The monoisotopic (exact) mass is 527 g/mol. The van der Waals surface area contributed by atoms with Gasteiger partial charge in [0.05, 0.1) is 35.5 Å². The number of hydrogen-bond acceptors (Lipinski definition) is 10. The Kier molecular flexibility index (Phi) is 5.98. The minimum atomic E-state index is -0.638. The fourth-order valence-corrected chi connectivity index (χ4v) is 4.86. The van der Waals surface area contributed by atoms with Crippen LogP contribution >= 0.6 is 0 Å². The molecule has 1 aliphatic rings. The summed E-state index contributed by atoms with van der Waals surface area (Å²) in [5, 5.41) is 17.0. The number of piperazine rings is 1. The molecule has 1 aromatic carbocycles. The second-order valence-electron chi connectivity index (χ2n) is 9.19. The van der Waals surface area contributed by atoms with E-state index in [1.54, 1.807) is 16.5 Å². The van der Waals surface area contributed by atoms with Gasteiger partial charge in [0.25, 0.3) is 17.6 Å². The number of ether oxygens (including phenoxy) is 1. The smallest absolute Gasteiger partial charge is 0.295 e. The SMILES string of the molecule is COc1cnc(-n2cnc(C)n2)c2[nH]cc(C(=O)C(=O)N3CCN(c4nnnn4-c4ccccc4)C[C@@H]3C)c12. The maximum Gasteiger partial charge on any atom is 0.295 e. The average Bonchev–Trinajstić information content (AvgIpc) is 3.72. The van der Waals surface area contributed by atoms with E-state index in [1.807, 2.05) is 42.2 Å². The largest absolute Gasteiger partial charge is 0.494 e. The molecule has 0 bridgehead atoms. The summed E-state index contributed by atoms with van der Waals surface area (Å²) >= 11 is 0. The quantitative estimate of drug-likeness (QED) is 0.253. The Morgan fingerprint density at radius 2 is 1.95 bits per heavy atom. The van der Waals surface area contributed by atoms with Crippen molar-refractivity contribution in [3.63, 3.8) is 0 Å². The lowest BCUT2D eigenvalue weighted by Crippen LogP contribution is -2.56. The molecular weight excluding hydrogens is 502 g/mol. The third-order valence-electron chi connectivity index (χ3n) is 6.76. The number of methoxy groups -OCH3 is 1. The fourth-order valence-electron chi connectivity index (χ4n) is 4.86. The van der Waals surface area contributed by atoms with E-state index in [2.05, 4.69) is 35.6 Å². The summed E-state index contributed by atoms with van der Waals surface area (Å²) in [6.07, 6.45) is 4.55. The molecule has 6 rings (SSSR count). The van der Waals surface area contributed by atoms with Crippen LogP contribution in [0.3, 0.4) is 0 Å². The van der Waals surface area contributed by atoms with Crippen molar-refractivity contribution >= 4 is 28.5 Å². The van der Waals surface area contributed by atoms with E-state index >= 15 is 0 Å². The topological polar surface area (TPSA) is 153 Å². The number of H-pyrrole nitrogens is 1. The molecule has 198 valence electrons. The van der Waals surface area contributed by atoms with E-state index in [0.717, 1.165) is 5.69 Å². The number of hydrogen-bond donors (Lipinski definition) is 1. The average molecular weight is 528 g/mol. The Balaban J connectivity index is 1.25. The summed E-state index contributed by atoms with van der Waals surface area (Å²) in [4.78, 5) is 42.3. The number of ketones is 1. The summed E-state index contributed by atoms with van der Waals surface area (Å²) in [5.74, 6) is 0.731. The molecule has 1 amide bonds. The number of carbonyl (C=O) groups is 2. The number of fused-ring (bicyclic) bond motifs is 1. The molecule has 39 heavy (non-hydrogen) atoms. The van der Waals surface area contributed by atoms with Crippen LogP contribution in [-0.4, -0.2) is 94.3 Å². The zero-order valence-corrected chi connectivity index (χ0v) is 21.5. The van der Waals surface area contributed by atoms with Gasteiger partial charge in [-0.15, -0.1) is 0 Å². The molecule has 1 atom stereocenters. The molecule has 0 aliphatic carbocycles. The predicted molar refractivity (Wildman–Crippen MR) is 139 cm³/mol. The zero-order chi connectivity index (χ0) is 27.1. The minimum absolute atomic E-state index is 0.204. The van der Waals surface area contributed by atoms with E-state index in [-0.39, 0.29) is 11.6 Å². The summed E-state index contributed by atoms with van der Waals surface area (Å²) < 4.78 is 8.66. The molecule has 0 spiro atoms. The van der Waals surface area contributed by atoms with Gasteiger partial charge in [0, 0.05) is 31.9 Å². The molecule has 5 heterocycles. The van der Waals surface area contributed by atoms with Crippen molar-refractivity contribution < 1.29 is 14.3 Å². The molecule has 0 unspecified atom stereocenters. The van der Waals surface area contributed by atoms with Crippen molar-refractivity contribution in [2.45, 2.75) is 19.9 Å². The number of aryl methyl sites for hydroxylation is 1. The van der Waals surface area contributed by atoms with Crippen molar-refractivity contribution in [1.82, 2.24) is 49.8 Å². The highest BCUT2D eigenvalue weighted by molar-refractivity contribution is 6.45. The van der Waals surface area contributed by atoms with Crippen LogP contribution in [-0.2, 0) is 4.79 Å². The van der Waals surface area contributed by atoms with Crippen molar-refractivity contribution in [1.29, 1.82) is 0 Å². The van der Waals surface area contributed by atoms with Crippen LogP contribution in [0.4, 0.5) is 5.95 Å². The van der Waals surface area contributed by atoms with Crippen molar-refractivity contribution in [2.75, 3.05) is 31.6 Å². The first-order valence-corrected chi connectivity index (χ1v) is 12.3. The number of Topliss-reactive ketones (excluding diaryl/α,β-unsaturated/α-hetero) is 1. The third kappa shape index (κ3) is 4.15. The Hall–Kier alpha value is -5.14. The first kappa shape index (κ1) is 24.2. The third-order valence-corrected chi connectivity index (χ3v) is 6.76. The predicted octanol–water partition coefficient (Wildman–Crippen LogP) is 1.36. The highest BCUT2D eigenvalue weighted by Crippen LogP contribution is 2.32. The van der Waals surface area contributed by atoms with E-state index < -0.39 is 11.7 Å². The first-order valence-electron chi connectivity index (χ1n) is 12.3. The van der Waals surface area contributed by atoms with Gasteiger partial charge < -0.3 is 19.5 Å². The van der Waals surface area contributed by atoms with Crippen LogP contribution in [0.15, 0.2) is 49.1 Å². The Bertz CT molecular complexity index is 1670. The van der Waals surface area contributed by atoms with Crippen LogP contribution in [0.5, 0.6) is 5.75 Å². The van der Waals surface area contributed by atoms with E-state index in [9.17, 15) is 9.59 Å². The number of benzene rings is 1.